The maximum atomic E-state index is 11.6. The van der Waals surface area contributed by atoms with Gasteiger partial charge in [-0.2, -0.15) is 4.98 Å². The van der Waals surface area contributed by atoms with Gasteiger partial charge in [0.15, 0.2) is 0 Å². The third-order valence-electron chi connectivity index (χ3n) is 4.50. The van der Waals surface area contributed by atoms with E-state index >= 15 is 0 Å². The molecule has 2 atom stereocenters. The fourth-order valence-electron chi connectivity index (χ4n) is 3.25. The van der Waals surface area contributed by atoms with Crippen LogP contribution in [0, 0.1) is 0 Å². The van der Waals surface area contributed by atoms with Gasteiger partial charge in [0.25, 0.3) is 0 Å². The molecule has 0 radical (unpaired) electrons. The molecule has 1 amide bonds. The zero-order chi connectivity index (χ0) is 17.1. The van der Waals surface area contributed by atoms with Crippen LogP contribution >= 0.6 is 11.6 Å². The smallest absolute Gasteiger partial charge is 0.234 e. The first kappa shape index (κ1) is 16.9. The van der Waals surface area contributed by atoms with Crippen LogP contribution in [0.25, 0.3) is 11.4 Å². The summed E-state index contributed by atoms with van der Waals surface area (Å²) in [6.07, 6.45) is 2.66. The van der Waals surface area contributed by atoms with Crippen molar-refractivity contribution in [1.29, 1.82) is 0 Å². The van der Waals surface area contributed by atoms with Crippen LogP contribution in [-0.2, 0) is 4.79 Å². The number of aromatic nitrogens is 2. The van der Waals surface area contributed by atoms with Gasteiger partial charge in [-0.25, -0.2) is 0 Å². The van der Waals surface area contributed by atoms with Gasteiger partial charge >= 0.3 is 0 Å². The predicted molar refractivity (Wildman–Crippen MR) is 91.6 cm³/mol. The van der Waals surface area contributed by atoms with Crippen molar-refractivity contribution < 1.29 is 9.32 Å². The van der Waals surface area contributed by atoms with Crippen molar-refractivity contribution in [3.63, 3.8) is 0 Å². The Morgan fingerprint density at radius 3 is 2.88 bits per heavy atom. The Kier molecular flexibility index (Phi) is 5.16. The van der Waals surface area contributed by atoms with E-state index in [2.05, 4.69) is 15.0 Å². The lowest BCUT2D eigenvalue weighted by Gasteiger charge is -2.35. The van der Waals surface area contributed by atoms with E-state index in [1.54, 1.807) is 12.1 Å². The van der Waals surface area contributed by atoms with E-state index in [0.29, 0.717) is 29.7 Å². The van der Waals surface area contributed by atoms with Crippen LogP contribution in [0.2, 0.25) is 5.02 Å². The van der Waals surface area contributed by atoms with Gasteiger partial charge in [-0.1, -0.05) is 23.7 Å². The van der Waals surface area contributed by atoms with Gasteiger partial charge in [-0.05, 0) is 50.1 Å². The summed E-state index contributed by atoms with van der Waals surface area (Å²) in [4.78, 5) is 18.3. The Balaban J connectivity index is 1.75. The lowest BCUT2D eigenvalue weighted by Crippen LogP contribution is -2.48. The highest BCUT2D eigenvalue weighted by atomic mass is 35.5. The highest BCUT2D eigenvalue weighted by Gasteiger charge is 2.31. The van der Waals surface area contributed by atoms with E-state index < -0.39 is 0 Å². The molecule has 3 rings (SSSR count). The van der Waals surface area contributed by atoms with E-state index in [0.717, 1.165) is 24.9 Å². The maximum absolute atomic E-state index is 11.6. The van der Waals surface area contributed by atoms with Crippen LogP contribution in [0.4, 0.5) is 0 Å². The number of amides is 1. The van der Waals surface area contributed by atoms with Crippen LogP contribution in [-0.4, -0.2) is 40.1 Å². The molecule has 0 saturated carbocycles. The summed E-state index contributed by atoms with van der Waals surface area (Å²) in [6, 6.07) is 7.10. The number of nitrogens with two attached hydrogens (primary N) is 1. The van der Waals surface area contributed by atoms with Gasteiger partial charge in [0.2, 0.25) is 17.6 Å². The lowest BCUT2D eigenvalue weighted by atomic mass is 9.96. The summed E-state index contributed by atoms with van der Waals surface area (Å²) in [5.74, 6) is 1.02. The molecule has 2 heterocycles. The Bertz CT molecular complexity index is 701. The minimum absolute atomic E-state index is 0.126. The van der Waals surface area contributed by atoms with Crippen molar-refractivity contribution in [2.45, 2.75) is 38.1 Å². The summed E-state index contributed by atoms with van der Waals surface area (Å²) in [6.45, 7) is 3.56. The number of piperidine rings is 1. The fourth-order valence-corrected chi connectivity index (χ4v) is 3.37. The molecule has 0 aliphatic carbocycles. The molecular formula is C17H21ClN4O2. The molecule has 7 heteroatoms. The van der Waals surface area contributed by atoms with Gasteiger partial charge < -0.3 is 10.3 Å². The number of benzene rings is 1. The topological polar surface area (TPSA) is 85.3 Å². The first-order chi connectivity index (χ1) is 11.6. The maximum Gasteiger partial charge on any atom is 0.234 e. The number of carbonyl (C=O) groups excluding carboxylic acids is 1. The summed E-state index contributed by atoms with van der Waals surface area (Å²) in [5.41, 5.74) is 6.38. The number of hydrogen-bond acceptors (Lipinski definition) is 5. The minimum atomic E-state index is -0.273. The third kappa shape index (κ3) is 3.60. The Labute approximate surface area is 146 Å². The molecule has 6 nitrogen and oxygen atoms in total. The predicted octanol–water partition coefficient (Wildman–Crippen LogP) is 2.83. The van der Waals surface area contributed by atoms with Crippen LogP contribution in [0.3, 0.4) is 0 Å². The summed E-state index contributed by atoms with van der Waals surface area (Å²) in [7, 11) is 0. The second kappa shape index (κ2) is 7.32. The molecule has 1 aliphatic heterocycles. The van der Waals surface area contributed by atoms with Gasteiger partial charge in [0.05, 0.1) is 12.0 Å². The number of carbonyl (C=O) groups is 1. The van der Waals surface area contributed by atoms with Crippen molar-refractivity contribution in [1.82, 2.24) is 15.0 Å². The fraction of sp³-hybridized carbons (Fsp3) is 0.471. The average Bonchev–Trinajstić information content (AvgIpc) is 3.06. The molecular weight excluding hydrogens is 328 g/mol. The second-order valence-electron chi connectivity index (χ2n) is 6.12. The Morgan fingerprint density at radius 2 is 2.21 bits per heavy atom. The largest absolute Gasteiger partial charge is 0.368 e. The number of halogens is 1. The molecule has 2 aromatic rings. The van der Waals surface area contributed by atoms with Crippen molar-refractivity contribution in [2.24, 2.45) is 5.73 Å². The first-order valence-electron chi connectivity index (χ1n) is 8.21. The van der Waals surface area contributed by atoms with Crippen molar-refractivity contribution >= 4 is 17.5 Å². The van der Waals surface area contributed by atoms with E-state index in [1.165, 1.54) is 0 Å². The molecule has 1 aromatic carbocycles. The van der Waals surface area contributed by atoms with Crippen molar-refractivity contribution in [2.75, 3.05) is 13.1 Å². The van der Waals surface area contributed by atoms with Gasteiger partial charge in [0.1, 0.15) is 0 Å². The molecule has 24 heavy (non-hydrogen) atoms. The van der Waals surface area contributed by atoms with Gasteiger partial charge in [-0.15, -0.1) is 0 Å². The zero-order valence-electron chi connectivity index (χ0n) is 13.6. The first-order valence-corrected chi connectivity index (χ1v) is 8.59. The minimum Gasteiger partial charge on any atom is -0.368 e. The second-order valence-corrected chi connectivity index (χ2v) is 6.56. The normalized spacial score (nSPS) is 20.0. The molecule has 1 aromatic heterocycles. The summed E-state index contributed by atoms with van der Waals surface area (Å²) >= 11 is 5.90. The molecule has 2 unspecified atom stereocenters. The highest BCUT2D eigenvalue weighted by Crippen LogP contribution is 2.29. The molecule has 0 spiro atoms. The standard InChI is InChI=1S/C17H21ClN4O2/c1-2-14(15(19)23)22-9-3-4-12(10-22)17-20-16(21-24-17)11-5-7-13(18)8-6-11/h5-8,12,14H,2-4,9-10H2,1H3,(H2,19,23). The molecule has 0 bridgehead atoms. The monoisotopic (exact) mass is 348 g/mol. The lowest BCUT2D eigenvalue weighted by molar-refractivity contribution is -0.123. The van der Waals surface area contributed by atoms with E-state index in [1.807, 2.05) is 19.1 Å². The summed E-state index contributed by atoms with van der Waals surface area (Å²) in [5, 5.41) is 4.75. The van der Waals surface area contributed by atoms with Gasteiger partial charge in [-0.3, -0.25) is 9.69 Å². The van der Waals surface area contributed by atoms with E-state index in [9.17, 15) is 4.79 Å². The third-order valence-corrected chi connectivity index (χ3v) is 4.75. The summed E-state index contributed by atoms with van der Waals surface area (Å²) < 4.78 is 5.47. The highest BCUT2D eigenvalue weighted by molar-refractivity contribution is 6.30. The van der Waals surface area contributed by atoms with Crippen LogP contribution < -0.4 is 5.73 Å². The number of hydrogen-bond donors (Lipinski definition) is 1. The zero-order valence-corrected chi connectivity index (χ0v) is 14.4. The van der Waals surface area contributed by atoms with Crippen LogP contribution in [0.5, 0.6) is 0 Å². The number of nitrogens with zero attached hydrogens (tertiary/aromatic N) is 3. The Morgan fingerprint density at radius 1 is 1.46 bits per heavy atom. The Hall–Kier alpha value is -1.92. The molecule has 2 N–H and O–H groups in total. The SMILES string of the molecule is CCC(C(N)=O)N1CCCC(c2nc(-c3ccc(Cl)cc3)no2)C1. The van der Waals surface area contributed by atoms with Crippen molar-refractivity contribution in [3.8, 4) is 11.4 Å². The number of rotatable bonds is 5. The van der Waals surface area contributed by atoms with Crippen molar-refractivity contribution in [3.05, 3.63) is 35.2 Å². The molecule has 1 fully saturated rings. The average molecular weight is 349 g/mol. The number of likely N-dealkylation sites (tertiary alicyclic amines) is 1. The van der Waals surface area contributed by atoms with Crippen LogP contribution in [0.1, 0.15) is 38.0 Å². The molecule has 1 aliphatic rings. The number of primary amides is 1. The quantitative estimate of drug-likeness (QED) is 0.898. The van der Waals surface area contributed by atoms with Crippen LogP contribution in [0.15, 0.2) is 28.8 Å². The van der Waals surface area contributed by atoms with E-state index in [-0.39, 0.29) is 17.9 Å². The van der Waals surface area contributed by atoms with E-state index in [4.69, 9.17) is 21.9 Å². The van der Waals surface area contributed by atoms with Gasteiger partial charge in [0, 0.05) is 17.1 Å². The molecule has 1 saturated heterocycles. The molecule has 128 valence electrons.